The molecule has 1 N–H and O–H groups in total. The number of ether oxygens (including phenoxy) is 2. The zero-order chi connectivity index (χ0) is 20.5. The Morgan fingerprint density at radius 2 is 1.31 bits per heavy atom. The van der Waals surface area contributed by atoms with E-state index in [4.69, 9.17) is 9.47 Å². The average Bonchev–Trinajstić information content (AvgIpc) is 3.24. The van der Waals surface area contributed by atoms with Crippen molar-refractivity contribution in [2.75, 3.05) is 0 Å². The molecule has 0 unspecified atom stereocenters. The number of imide groups is 1. The van der Waals surface area contributed by atoms with Crippen molar-refractivity contribution in [2.45, 2.75) is 24.7 Å². The fourth-order valence-electron chi connectivity index (χ4n) is 3.87. The van der Waals surface area contributed by atoms with Gasteiger partial charge in [-0.15, -0.1) is 0 Å². The number of hydrogen-bond donors (Lipinski definition) is 1. The Kier molecular flexibility index (Phi) is 4.75. The molecule has 1 aliphatic heterocycles. The first-order valence-electron chi connectivity index (χ1n) is 9.05. The molecule has 148 valence electrons. The van der Waals surface area contributed by atoms with E-state index in [0.29, 0.717) is 4.90 Å². The number of carboxylic acid groups (broad SMARTS) is 1. The maximum Gasteiger partial charge on any atom is 0.414 e. The molecule has 2 aromatic carbocycles. The zero-order valence-corrected chi connectivity index (χ0v) is 15.1. The third kappa shape index (κ3) is 3.33. The molecule has 0 spiro atoms. The fraction of sp³-hybridized carbons (Fsp3) is 0.238. The van der Waals surface area contributed by atoms with Crippen molar-refractivity contribution >= 4 is 23.9 Å². The highest BCUT2D eigenvalue weighted by atomic mass is 16.6. The maximum absolute atomic E-state index is 12.5. The summed E-state index contributed by atoms with van der Waals surface area (Å²) in [4.78, 5) is 49.6. The van der Waals surface area contributed by atoms with Gasteiger partial charge in [0.25, 0.3) is 0 Å². The van der Waals surface area contributed by atoms with Crippen LogP contribution in [0.5, 0.6) is 0 Å². The number of carbonyl (C=O) groups excluding carboxylic acids is 3. The Balaban J connectivity index is 1.59. The molecule has 1 saturated carbocycles. The van der Waals surface area contributed by atoms with E-state index >= 15 is 0 Å². The van der Waals surface area contributed by atoms with Crippen LogP contribution in [-0.2, 0) is 14.3 Å². The van der Waals surface area contributed by atoms with Gasteiger partial charge in [0.05, 0.1) is 23.1 Å². The molecule has 1 aliphatic carbocycles. The van der Waals surface area contributed by atoms with Gasteiger partial charge in [-0.3, -0.25) is 4.79 Å². The van der Waals surface area contributed by atoms with E-state index in [2.05, 4.69) is 0 Å². The van der Waals surface area contributed by atoms with Gasteiger partial charge in [-0.05, 0) is 30.7 Å². The van der Waals surface area contributed by atoms with Gasteiger partial charge in [-0.1, -0.05) is 36.4 Å². The summed E-state index contributed by atoms with van der Waals surface area (Å²) in [7, 11) is 0. The van der Waals surface area contributed by atoms with E-state index in [0.717, 1.165) is 0 Å². The number of rotatable bonds is 4. The summed E-state index contributed by atoms with van der Waals surface area (Å²) in [6.07, 6.45) is -3.42. The second kappa shape index (κ2) is 7.38. The minimum atomic E-state index is -1.42. The van der Waals surface area contributed by atoms with Crippen LogP contribution in [0.1, 0.15) is 27.1 Å². The lowest BCUT2D eigenvalue weighted by Gasteiger charge is -2.34. The predicted octanol–water partition coefficient (Wildman–Crippen LogP) is 2.35. The van der Waals surface area contributed by atoms with Crippen LogP contribution >= 0.6 is 0 Å². The Morgan fingerprint density at radius 3 is 1.79 bits per heavy atom. The van der Waals surface area contributed by atoms with Crippen molar-refractivity contribution in [1.82, 2.24) is 4.90 Å². The first-order valence-corrected chi connectivity index (χ1v) is 9.05. The molecule has 2 amide bonds. The molecule has 2 bridgehead atoms. The minimum Gasteiger partial charge on any atom is -0.465 e. The van der Waals surface area contributed by atoms with E-state index in [1.54, 1.807) is 60.7 Å². The summed E-state index contributed by atoms with van der Waals surface area (Å²) in [6.45, 7) is 0. The van der Waals surface area contributed by atoms with Crippen molar-refractivity contribution in [3.8, 4) is 0 Å². The SMILES string of the molecule is O=C(O[C@@H]1[C@H](OC(=O)c2ccccc2)[C@@H]2C[C@H]1N(C(=O)O)C2=O)c1ccccc1. The molecule has 29 heavy (non-hydrogen) atoms. The number of esters is 2. The average molecular weight is 395 g/mol. The van der Waals surface area contributed by atoms with E-state index in [-0.39, 0.29) is 17.5 Å². The number of hydrogen-bond acceptors (Lipinski definition) is 6. The van der Waals surface area contributed by atoms with Crippen LogP contribution in [0.25, 0.3) is 0 Å². The van der Waals surface area contributed by atoms with E-state index < -0.39 is 48.1 Å². The molecule has 0 aromatic heterocycles. The molecule has 1 heterocycles. The van der Waals surface area contributed by atoms with Gasteiger partial charge < -0.3 is 14.6 Å². The predicted molar refractivity (Wildman–Crippen MR) is 98.1 cm³/mol. The number of nitrogens with zero attached hydrogens (tertiary/aromatic N) is 1. The van der Waals surface area contributed by atoms with Gasteiger partial charge in [0, 0.05) is 0 Å². The summed E-state index contributed by atoms with van der Waals surface area (Å²) >= 11 is 0. The van der Waals surface area contributed by atoms with Gasteiger partial charge in [0.15, 0.2) is 12.2 Å². The number of likely N-dealkylation sites (tertiary alicyclic amines) is 1. The summed E-state index contributed by atoms with van der Waals surface area (Å²) in [5.41, 5.74) is 0.558. The molecule has 0 radical (unpaired) electrons. The lowest BCUT2D eigenvalue weighted by Crippen LogP contribution is -2.55. The minimum absolute atomic E-state index is 0.130. The van der Waals surface area contributed by atoms with Crippen LogP contribution in [0.2, 0.25) is 0 Å². The molecule has 8 heteroatoms. The van der Waals surface area contributed by atoms with Crippen LogP contribution in [0.15, 0.2) is 60.7 Å². The second-order valence-corrected chi connectivity index (χ2v) is 6.87. The van der Waals surface area contributed by atoms with E-state index in [9.17, 15) is 24.3 Å². The van der Waals surface area contributed by atoms with Crippen LogP contribution in [0, 0.1) is 5.92 Å². The Morgan fingerprint density at radius 1 is 0.828 bits per heavy atom. The Bertz CT molecular complexity index is 960. The van der Waals surface area contributed by atoms with Gasteiger partial charge in [0.2, 0.25) is 5.91 Å². The molecule has 8 nitrogen and oxygen atoms in total. The summed E-state index contributed by atoms with van der Waals surface area (Å²) in [5, 5.41) is 9.38. The number of amides is 2. The molecule has 2 fully saturated rings. The molecule has 4 rings (SSSR count). The Hall–Kier alpha value is -3.68. The lowest BCUT2D eigenvalue weighted by molar-refractivity contribution is -0.144. The second-order valence-electron chi connectivity index (χ2n) is 6.87. The van der Waals surface area contributed by atoms with Crippen LogP contribution in [-0.4, -0.2) is 52.2 Å². The van der Waals surface area contributed by atoms with E-state index in [1.165, 1.54) is 0 Å². The van der Waals surface area contributed by atoms with E-state index in [1.807, 2.05) is 0 Å². The van der Waals surface area contributed by atoms with Gasteiger partial charge in [-0.25, -0.2) is 19.3 Å². The summed E-state index contributed by atoms with van der Waals surface area (Å²) in [6, 6.07) is 15.5. The van der Waals surface area contributed by atoms with Crippen molar-refractivity contribution < 1.29 is 33.8 Å². The number of benzene rings is 2. The Labute approximate surface area is 165 Å². The highest BCUT2D eigenvalue weighted by Gasteiger charge is 2.62. The van der Waals surface area contributed by atoms with Crippen LogP contribution in [0.4, 0.5) is 4.79 Å². The fourth-order valence-corrected chi connectivity index (χ4v) is 3.87. The molecule has 1 saturated heterocycles. The van der Waals surface area contributed by atoms with Gasteiger partial charge in [0.1, 0.15) is 0 Å². The van der Waals surface area contributed by atoms with Gasteiger partial charge >= 0.3 is 18.0 Å². The first-order chi connectivity index (χ1) is 14.0. The number of carbonyl (C=O) groups is 4. The molecular weight excluding hydrogens is 378 g/mol. The number of fused-ring (bicyclic) bond motifs is 2. The maximum atomic E-state index is 12.5. The van der Waals surface area contributed by atoms with Crippen LogP contribution in [0.3, 0.4) is 0 Å². The number of piperidine rings is 1. The summed E-state index contributed by atoms with van der Waals surface area (Å²) in [5.74, 6) is -2.88. The standard InChI is InChI=1S/C21H17NO7/c23-18-14-11-15(22(18)21(26)27)17(29-20(25)13-9-5-2-6-10-13)16(14)28-19(24)12-7-3-1-4-8-12/h1-10,14-17H,11H2,(H,26,27)/t14-,15+,16+,17-/m0/s1. The van der Waals surface area contributed by atoms with Crippen molar-refractivity contribution in [2.24, 2.45) is 5.92 Å². The third-order valence-corrected chi connectivity index (χ3v) is 5.19. The molecule has 2 aromatic rings. The highest BCUT2D eigenvalue weighted by Crippen LogP contribution is 2.43. The largest absolute Gasteiger partial charge is 0.465 e. The van der Waals surface area contributed by atoms with Crippen molar-refractivity contribution in [3.63, 3.8) is 0 Å². The summed E-state index contributed by atoms with van der Waals surface area (Å²) < 4.78 is 11.1. The molecule has 2 aliphatic rings. The van der Waals surface area contributed by atoms with Crippen molar-refractivity contribution in [1.29, 1.82) is 0 Å². The van der Waals surface area contributed by atoms with Crippen LogP contribution < -0.4 is 0 Å². The topological polar surface area (TPSA) is 110 Å². The molecular formula is C21H17NO7. The first kappa shape index (κ1) is 18.7. The molecule has 4 atom stereocenters. The van der Waals surface area contributed by atoms with Gasteiger partial charge in [-0.2, -0.15) is 0 Å². The smallest absolute Gasteiger partial charge is 0.414 e. The normalized spacial score (nSPS) is 25.0. The highest BCUT2D eigenvalue weighted by molar-refractivity contribution is 5.97. The lowest BCUT2D eigenvalue weighted by atomic mass is 10.0. The third-order valence-electron chi connectivity index (χ3n) is 5.19. The quantitative estimate of drug-likeness (QED) is 0.791. The zero-order valence-electron chi connectivity index (χ0n) is 15.1. The monoisotopic (exact) mass is 395 g/mol. The van der Waals surface area contributed by atoms with Crippen molar-refractivity contribution in [3.05, 3.63) is 71.8 Å².